The fraction of sp³-hybridized carbons (Fsp3) is 0.304. The molecule has 4 nitrogen and oxygen atoms in total. The van der Waals surface area contributed by atoms with E-state index in [-0.39, 0.29) is 17.8 Å². The maximum absolute atomic E-state index is 13.0. The molecule has 0 aliphatic carbocycles. The molecule has 2 aromatic rings. The lowest BCUT2D eigenvalue weighted by atomic mass is 9.93. The SMILES string of the molecule is CCCCN1C(=O)C(O)=C(C(=O)CCc2ccccc2)[C@@H]1c1ccccc1. The molecule has 0 saturated heterocycles. The van der Waals surface area contributed by atoms with Gasteiger partial charge >= 0.3 is 0 Å². The van der Waals surface area contributed by atoms with E-state index in [0.717, 1.165) is 24.0 Å². The standard InChI is InChI=1S/C23H25NO3/c1-2-3-16-24-21(18-12-8-5-9-13-18)20(22(26)23(24)27)19(25)15-14-17-10-6-4-7-11-17/h4-13,21,26H,2-3,14-16H2,1H3/t21-/m0/s1. The van der Waals surface area contributed by atoms with Crippen molar-refractivity contribution in [2.45, 2.75) is 38.6 Å². The van der Waals surface area contributed by atoms with Crippen molar-refractivity contribution in [3.63, 3.8) is 0 Å². The van der Waals surface area contributed by atoms with Gasteiger partial charge in [0.15, 0.2) is 11.5 Å². The Balaban J connectivity index is 1.87. The van der Waals surface area contributed by atoms with Crippen LogP contribution in [-0.2, 0) is 16.0 Å². The van der Waals surface area contributed by atoms with Crippen LogP contribution in [0.5, 0.6) is 0 Å². The summed E-state index contributed by atoms with van der Waals surface area (Å²) in [6, 6.07) is 18.7. The molecule has 1 atom stereocenters. The van der Waals surface area contributed by atoms with Crippen molar-refractivity contribution < 1.29 is 14.7 Å². The van der Waals surface area contributed by atoms with Crippen LogP contribution in [-0.4, -0.2) is 28.2 Å². The van der Waals surface area contributed by atoms with Gasteiger partial charge in [-0.2, -0.15) is 0 Å². The molecular formula is C23H25NO3. The Kier molecular flexibility index (Phi) is 6.07. The molecular weight excluding hydrogens is 338 g/mol. The molecule has 1 aliphatic heterocycles. The van der Waals surface area contributed by atoms with Crippen molar-refractivity contribution in [3.05, 3.63) is 83.1 Å². The molecule has 1 heterocycles. The van der Waals surface area contributed by atoms with Gasteiger partial charge in [0, 0.05) is 13.0 Å². The molecule has 1 N–H and O–H groups in total. The first kappa shape index (κ1) is 18.9. The van der Waals surface area contributed by atoms with E-state index in [1.807, 2.05) is 60.7 Å². The van der Waals surface area contributed by atoms with E-state index in [9.17, 15) is 14.7 Å². The Morgan fingerprint density at radius 1 is 1.04 bits per heavy atom. The number of hydrogen-bond donors (Lipinski definition) is 1. The smallest absolute Gasteiger partial charge is 0.290 e. The topological polar surface area (TPSA) is 57.6 Å². The third kappa shape index (κ3) is 4.11. The van der Waals surface area contributed by atoms with E-state index < -0.39 is 17.7 Å². The lowest BCUT2D eigenvalue weighted by molar-refractivity contribution is -0.129. The number of amides is 1. The molecule has 0 aromatic heterocycles. The van der Waals surface area contributed by atoms with Crippen molar-refractivity contribution >= 4 is 11.7 Å². The second-order valence-electron chi connectivity index (χ2n) is 6.84. The average Bonchev–Trinajstić information content (AvgIpc) is 2.96. The fourth-order valence-corrected chi connectivity index (χ4v) is 3.52. The van der Waals surface area contributed by atoms with E-state index in [0.29, 0.717) is 13.0 Å². The van der Waals surface area contributed by atoms with Gasteiger partial charge in [-0.3, -0.25) is 9.59 Å². The van der Waals surface area contributed by atoms with Gasteiger partial charge in [0.2, 0.25) is 0 Å². The van der Waals surface area contributed by atoms with Gasteiger partial charge in [0.05, 0.1) is 11.6 Å². The predicted octanol–water partition coefficient (Wildman–Crippen LogP) is 4.38. The second-order valence-corrected chi connectivity index (χ2v) is 6.84. The highest BCUT2D eigenvalue weighted by Crippen LogP contribution is 2.38. The summed E-state index contributed by atoms with van der Waals surface area (Å²) >= 11 is 0. The van der Waals surface area contributed by atoms with Crippen molar-refractivity contribution in [1.82, 2.24) is 4.90 Å². The number of benzene rings is 2. The van der Waals surface area contributed by atoms with Crippen molar-refractivity contribution in [3.8, 4) is 0 Å². The Morgan fingerprint density at radius 3 is 2.30 bits per heavy atom. The minimum Gasteiger partial charge on any atom is -0.503 e. The summed E-state index contributed by atoms with van der Waals surface area (Å²) in [6.07, 6.45) is 2.61. The molecule has 3 rings (SSSR count). The highest BCUT2D eigenvalue weighted by Gasteiger charge is 2.42. The largest absolute Gasteiger partial charge is 0.503 e. The third-order valence-electron chi connectivity index (χ3n) is 4.96. The van der Waals surface area contributed by atoms with Gasteiger partial charge in [0.25, 0.3) is 5.91 Å². The monoisotopic (exact) mass is 363 g/mol. The van der Waals surface area contributed by atoms with Crippen molar-refractivity contribution in [1.29, 1.82) is 0 Å². The summed E-state index contributed by atoms with van der Waals surface area (Å²) in [5.74, 6) is -1.00. The van der Waals surface area contributed by atoms with E-state index in [4.69, 9.17) is 0 Å². The molecule has 4 heteroatoms. The van der Waals surface area contributed by atoms with Crippen LogP contribution in [0, 0.1) is 0 Å². The Morgan fingerprint density at radius 2 is 1.67 bits per heavy atom. The third-order valence-corrected chi connectivity index (χ3v) is 4.96. The number of aliphatic hydroxyl groups is 1. The molecule has 0 unspecified atom stereocenters. The Hall–Kier alpha value is -2.88. The molecule has 0 saturated carbocycles. The number of aliphatic hydroxyl groups excluding tert-OH is 1. The molecule has 0 bridgehead atoms. The summed E-state index contributed by atoms with van der Waals surface area (Å²) in [6.45, 7) is 2.58. The minimum absolute atomic E-state index is 0.169. The normalized spacial score (nSPS) is 16.9. The van der Waals surface area contributed by atoms with Crippen LogP contribution in [0.2, 0.25) is 0 Å². The number of nitrogens with zero attached hydrogens (tertiary/aromatic N) is 1. The molecule has 140 valence electrons. The maximum Gasteiger partial charge on any atom is 0.290 e. The van der Waals surface area contributed by atoms with Crippen LogP contribution in [0.4, 0.5) is 0 Å². The van der Waals surface area contributed by atoms with Crippen LogP contribution in [0.3, 0.4) is 0 Å². The number of hydrogen-bond acceptors (Lipinski definition) is 3. The molecule has 1 amide bonds. The molecule has 1 aliphatic rings. The number of carbonyl (C=O) groups excluding carboxylic acids is 2. The maximum atomic E-state index is 13.0. The molecule has 2 aromatic carbocycles. The van der Waals surface area contributed by atoms with Gasteiger partial charge in [-0.1, -0.05) is 74.0 Å². The number of aryl methyl sites for hydroxylation is 1. The van der Waals surface area contributed by atoms with E-state index in [2.05, 4.69) is 6.92 Å². The quantitative estimate of drug-likeness (QED) is 0.757. The first-order chi connectivity index (χ1) is 13.1. The summed E-state index contributed by atoms with van der Waals surface area (Å²) < 4.78 is 0. The lowest BCUT2D eigenvalue weighted by Gasteiger charge is -2.26. The lowest BCUT2D eigenvalue weighted by Crippen LogP contribution is -2.32. The molecule has 0 fully saturated rings. The van der Waals surface area contributed by atoms with Gasteiger partial charge in [-0.15, -0.1) is 0 Å². The van der Waals surface area contributed by atoms with Gasteiger partial charge in [-0.25, -0.2) is 0 Å². The highest BCUT2D eigenvalue weighted by molar-refractivity contribution is 6.09. The Labute approximate surface area is 160 Å². The number of rotatable bonds is 8. The summed E-state index contributed by atoms with van der Waals surface area (Å²) in [4.78, 5) is 27.3. The molecule has 0 radical (unpaired) electrons. The van der Waals surface area contributed by atoms with Gasteiger partial charge in [0.1, 0.15) is 0 Å². The van der Waals surface area contributed by atoms with E-state index in [1.54, 1.807) is 4.90 Å². The Bertz CT molecular complexity index is 827. The highest BCUT2D eigenvalue weighted by atomic mass is 16.3. The van der Waals surface area contributed by atoms with Gasteiger partial charge < -0.3 is 10.0 Å². The summed E-state index contributed by atoms with van der Waals surface area (Å²) in [5, 5.41) is 10.5. The van der Waals surface area contributed by atoms with Crippen LogP contribution >= 0.6 is 0 Å². The van der Waals surface area contributed by atoms with Crippen LogP contribution < -0.4 is 0 Å². The summed E-state index contributed by atoms with van der Waals surface area (Å²) in [7, 11) is 0. The van der Waals surface area contributed by atoms with Crippen LogP contribution in [0.15, 0.2) is 72.0 Å². The second kappa shape index (κ2) is 8.67. The molecule has 27 heavy (non-hydrogen) atoms. The first-order valence-electron chi connectivity index (χ1n) is 9.49. The fourth-order valence-electron chi connectivity index (χ4n) is 3.52. The number of carbonyl (C=O) groups is 2. The van der Waals surface area contributed by atoms with Gasteiger partial charge in [-0.05, 0) is 24.0 Å². The number of ketones is 1. The van der Waals surface area contributed by atoms with Crippen molar-refractivity contribution in [2.24, 2.45) is 0 Å². The number of unbranched alkanes of at least 4 members (excludes halogenated alkanes) is 1. The predicted molar refractivity (Wildman–Crippen MR) is 105 cm³/mol. The average molecular weight is 363 g/mol. The van der Waals surface area contributed by atoms with Crippen molar-refractivity contribution in [2.75, 3.05) is 6.54 Å². The minimum atomic E-state index is -0.506. The first-order valence-corrected chi connectivity index (χ1v) is 9.49. The zero-order valence-corrected chi connectivity index (χ0v) is 15.6. The molecule has 0 spiro atoms. The zero-order chi connectivity index (χ0) is 19.2. The zero-order valence-electron chi connectivity index (χ0n) is 15.6. The van der Waals surface area contributed by atoms with E-state index in [1.165, 1.54) is 0 Å². The van der Waals surface area contributed by atoms with Crippen LogP contribution in [0.1, 0.15) is 43.4 Å². The van der Waals surface area contributed by atoms with Crippen LogP contribution in [0.25, 0.3) is 0 Å². The van der Waals surface area contributed by atoms with E-state index >= 15 is 0 Å². The summed E-state index contributed by atoms with van der Waals surface area (Å²) in [5.41, 5.74) is 2.15. The number of Topliss-reactive ketones (excluding diaryl/α,β-unsaturated/α-hetero) is 1.